The van der Waals surface area contributed by atoms with Crippen molar-refractivity contribution >= 4 is 17.6 Å². The molecule has 0 aliphatic carbocycles. The van der Waals surface area contributed by atoms with Gasteiger partial charge in [0.2, 0.25) is 5.91 Å². The molecule has 1 aromatic carbocycles. The second-order valence-electron chi connectivity index (χ2n) is 5.01. The molecule has 3 N–H and O–H groups in total. The van der Waals surface area contributed by atoms with Gasteiger partial charge >= 0.3 is 6.03 Å². The molecule has 1 saturated heterocycles. The minimum Gasteiger partial charge on any atom is -0.494 e. The molecular formula is C15H21N3O4. The number of rotatable bonds is 5. The minimum atomic E-state index is -0.751. The van der Waals surface area contributed by atoms with Crippen LogP contribution in [0, 0.1) is 0 Å². The number of morpholine rings is 1. The molecule has 1 atom stereocenters. The molecule has 2 rings (SSSR count). The molecule has 1 aromatic rings. The van der Waals surface area contributed by atoms with Crippen LogP contribution in [0.5, 0.6) is 5.75 Å². The van der Waals surface area contributed by atoms with E-state index in [1.54, 1.807) is 12.1 Å². The quantitative estimate of drug-likeness (QED) is 0.854. The second-order valence-corrected chi connectivity index (χ2v) is 5.01. The lowest BCUT2D eigenvalue weighted by molar-refractivity contribution is -0.133. The Morgan fingerprint density at radius 3 is 3.05 bits per heavy atom. The van der Waals surface area contributed by atoms with E-state index in [0.29, 0.717) is 31.2 Å². The summed E-state index contributed by atoms with van der Waals surface area (Å²) in [5, 5.41) is 2.79. The molecule has 1 fully saturated rings. The van der Waals surface area contributed by atoms with Crippen LogP contribution in [0.3, 0.4) is 0 Å². The highest BCUT2D eigenvalue weighted by molar-refractivity contribution is 5.90. The summed E-state index contributed by atoms with van der Waals surface area (Å²) in [6.07, 6.45) is 0.164. The number of carbonyl (C=O) groups is 2. The summed E-state index contributed by atoms with van der Waals surface area (Å²) in [5.41, 5.74) is 5.85. The van der Waals surface area contributed by atoms with E-state index in [1.165, 1.54) is 4.90 Å². The molecule has 0 saturated carbocycles. The van der Waals surface area contributed by atoms with Gasteiger partial charge in [-0.05, 0) is 18.6 Å². The molecule has 1 heterocycles. The Kier molecular flexibility index (Phi) is 5.60. The number of urea groups is 1. The third-order valence-corrected chi connectivity index (χ3v) is 3.23. The van der Waals surface area contributed by atoms with Crippen LogP contribution in [0.1, 0.15) is 13.3 Å². The summed E-state index contributed by atoms with van der Waals surface area (Å²) >= 11 is 0. The Hall–Kier alpha value is -2.28. The SMILES string of the molecule is CCCOc1cccc(NC(=O)N2CCOC(C(N)=O)C2)c1. The monoisotopic (exact) mass is 307 g/mol. The molecule has 3 amide bonds. The van der Waals surface area contributed by atoms with Crippen molar-refractivity contribution in [2.75, 3.05) is 31.6 Å². The summed E-state index contributed by atoms with van der Waals surface area (Å²) in [6.45, 7) is 3.52. The highest BCUT2D eigenvalue weighted by Crippen LogP contribution is 2.18. The Morgan fingerprint density at radius 1 is 1.50 bits per heavy atom. The minimum absolute atomic E-state index is 0.160. The lowest BCUT2D eigenvalue weighted by Gasteiger charge is -2.31. The van der Waals surface area contributed by atoms with Gasteiger partial charge in [0.25, 0.3) is 0 Å². The molecule has 7 nitrogen and oxygen atoms in total. The molecule has 1 aliphatic heterocycles. The summed E-state index contributed by atoms with van der Waals surface area (Å²) in [6, 6.07) is 6.90. The summed E-state index contributed by atoms with van der Waals surface area (Å²) in [5.74, 6) is 0.143. The fourth-order valence-corrected chi connectivity index (χ4v) is 2.09. The molecule has 22 heavy (non-hydrogen) atoms. The Balaban J connectivity index is 1.95. The van der Waals surface area contributed by atoms with Crippen LogP contribution in [-0.4, -0.2) is 49.2 Å². The predicted octanol–water partition coefficient (Wildman–Crippen LogP) is 1.19. The molecule has 120 valence electrons. The Labute approximate surface area is 129 Å². The van der Waals surface area contributed by atoms with E-state index in [4.69, 9.17) is 15.2 Å². The van der Waals surface area contributed by atoms with Crippen molar-refractivity contribution in [3.63, 3.8) is 0 Å². The van der Waals surface area contributed by atoms with Crippen molar-refractivity contribution in [3.05, 3.63) is 24.3 Å². The number of nitrogens with two attached hydrogens (primary N) is 1. The van der Waals surface area contributed by atoms with E-state index < -0.39 is 12.0 Å². The lowest BCUT2D eigenvalue weighted by Crippen LogP contribution is -2.51. The largest absolute Gasteiger partial charge is 0.494 e. The van der Waals surface area contributed by atoms with E-state index in [0.717, 1.165) is 6.42 Å². The predicted molar refractivity (Wildman–Crippen MR) is 81.8 cm³/mol. The maximum absolute atomic E-state index is 12.2. The van der Waals surface area contributed by atoms with Gasteiger partial charge < -0.3 is 25.4 Å². The Bertz CT molecular complexity index is 535. The van der Waals surface area contributed by atoms with Crippen LogP contribution < -0.4 is 15.8 Å². The summed E-state index contributed by atoms with van der Waals surface area (Å²) < 4.78 is 10.7. The van der Waals surface area contributed by atoms with Gasteiger partial charge in [-0.2, -0.15) is 0 Å². The topological polar surface area (TPSA) is 93.9 Å². The smallest absolute Gasteiger partial charge is 0.322 e. The van der Waals surface area contributed by atoms with Gasteiger partial charge in [0.05, 0.1) is 19.8 Å². The van der Waals surface area contributed by atoms with Crippen LogP contribution >= 0.6 is 0 Å². The van der Waals surface area contributed by atoms with Crippen LogP contribution in [0.2, 0.25) is 0 Å². The van der Waals surface area contributed by atoms with Gasteiger partial charge in [-0.3, -0.25) is 4.79 Å². The zero-order valence-electron chi connectivity index (χ0n) is 12.6. The summed E-state index contributed by atoms with van der Waals surface area (Å²) in [7, 11) is 0. The van der Waals surface area contributed by atoms with Crippen molar-refractivity contribution in [1.82, 2.24) is 4.90 Å². The molecular weight excluding hydrogens is 286 g/mol. The first-order valence-corrected chi connectivity index (χ1v) is 7.30. The van der Waals surface area contributed by atoms with E-state index in [9.17, 15) is 9.59 Å². The first-order valence-electron chi connectivity index (χ1n) is 7.30. The molecule has 0 spiro atoms. The van der Waals surface area contributed by atoms with Gasteiger partial charge in [-0.25, -0.2) is 4.79 Å². The first-order chi connectivity index (χ1) is 10.6. The van der Waals surface area contributed by atoms with Crippen molar-refractivity contribution in [3.8, 4) is 5.75 Å². The molecule has 7 heteroatoms. The number of primary amides is 1. The Morgan fingerprint density at radius 2 is 2.32 bits per heavy atom. The third kappa shape index (κ3) is 4.36. The zero-order chi connectivity index (χ0) is 15.9. The van der Waals surface area contributed by atoms with Crippen molar-refractivity contribution in [1.29, 1.82) is 0 Å². The number of nitrogens with one attached hydrogen (secondary N) is 1. The number of nitrogens with zero attached hydrogens (tertiary/aromatic N) is 1. The van der Waals surface area contributed by atoms with E-state index in [2.05, 4.69) is 5.32 Å². The number of hydrogen-bond acceptors (Lipinski definition) is 4. The number of amides is 3. The number of carbonyl (C=O) groups excluding carboxylic acids is 2. The average Bonchev–Trinajstić information content (AvgIpc) is 2.53. The molecule has 0 aromatic heterocycles. The summed E-state index contributed by atoms with van der Waals surface area (Å²) in [4.78, 5) is 24.9. The number of ether oxygens (including phenoxy) is 2. The van der Waals surface area contributed by atoms with Gasteiger partial charge in [-0.1, -0.05) is 13.0 Å². The maximum atomic E-state index is 12.2. The highest BCUT2D eigenvalue weighted by Gasteiger charge is 2.27. The van der Waals surface area contributed by atoms with Crippen LogP contribution in [-0.2, 0) is 9.53 Å². The molecule has 0 bridgehead atoms. The van der Waals surface area contributed by atoms with Crippen molar-refractivity contribution in [2.45, 2.75) is 19.4 Å². The van der Waals surface area contributed by atoms with E-state index in [-0.39, 0.29) is 12.6 Å². The van der Waals surface area contributed by atoms with Gasteiger partial charge in [0, 0.05) is 18.3 Å². The van der Waals surface area contributed by atoms with Crippen LogP contribution in [0.15, 0.2) is 24.3 Å². The second kappa shape index (κ2) is 7.65. The van der Waals surface area contributed by atoms with Crippen LogP contribution in [0.4, 0.5) is 10.5 Å². The standard InChI is InChI=1S/C15H21N3O4/c1-2-7-21-12-5-3-4-11(9-12)17-15(20)18-6-8-22-13(10-18)14(16)19/h3-5,9,13H,2,6-8,10H2,1H3,(H2,16,19)(H,17,20). The third-order valence-electron chi connectivity index (χ3n) is 3.23. The van der Waals surface area contributed by atoms with E-state index in [1.807, 2.05) is 19.1 Å². The number of hydrogen-bond donors (Lipinski definition) is 2. The average molecular weight is 307 g/mol. The number of benzene rings is 1. The van der Waals surface area contributed by atoms with E-state index >= 15 is 0 Å². The van der Waals surface area contributed by atoms with Crippen molar-refractivity contribution in [2.24, 2.45) is 5.73 Å². The van der Waals surface area contributed by atoms with Crippen LogP contribution in [0.25, 0.3) is 0 Å². The number of anilines is 1. The van der Waals surface area contributed by atoms with Gasteiger partial charge in [0.1, 0.15) is 5.75 Å². The first kappa shape index (κ1) is 16.1. The normalized spacial score (nSPS) is 17.9. The molecule has 0 radical (unpaired) electrons. The highest BCUT2D eigenvalue weighted by atomic mass is 16.5. The fraction of sp³-hybridized carbons (Fsp3) is 0.467. The molecule has 1 unspecified atom stereocenters. The fourth-order valence-electron chi connectivity index (χ4n) is 2.09. The van der Waals surface area contributed by atoms with Crippen molar-refractivity contribution < 1.29 is 19.1 Å². The van der Waals surface area contributed by atoms with Gasteiger partial charge in [-0.15, -0.1) is 0 Å². The molecule has 1 aliphatic rings. The van der Waals surface area contributed by atoms with Gasteiger partial charge in [0.15, 0.2) is 6.10 Å². The maximum Gasteiger partial charge on any atom is 0.322 e. The zero-order valence-corrected chi connectivity index (χ0v) is 12.6. The lowest BCUT2D eigenvalue weighted by atomic mass is 10.2.